The molecule has 2 aromatic heterocycles. The van der Waals surface area contributed by atoms with Crippen molar-refractivity contribution < 1.29 is 42.1 Å². The predicted molar refractivity (Wildman–Crippen MR) is 278 cm³/mol. The van der Waals surface area contributed by atoms with E-state index in [0.29, 0.717) is 0 Å². The molecule has 0 bridgehead atoms. The Kier molecular flexibility index (Phi) is 16.4. The summed E-state index contributed by atoms with van der Waals surface area (Å²) in [5, 5.41) is 5.12. The van der Waals surface area contributed by atoms with Gasteiger partial charge in [-0.3, -0.25) is 0 Å². The molecule has 2 fully saturated rings. The van der Waals surface area contributed by atoms with E-state index in [1.165, 1.54) is 55.7 Å². The summed E-state index contributed by atoms with van der Waals surface area (Å²) >= 11 is 3.56. The van der Waals surface area contributed by atoms with Crippen molar-refractivity contribution in [1.82, 2.24) is 9.13 Å². The third kappa shape index (κ3) is 10.8. The largest absolute Gasteiger partial charge is 1.00 e. The second-order valence-electron chi connectivity index (χ2n) is 19.0. The molecule has 0 amide bonds. The van der Waals surface area contributed by atoms with Crippen LogP contribution in [0.15, 0.2) is 150 Å². The van der Waals surface area contributed by atoms with Crippen molar-refractivity contribution in [2.75, 3.05) is 0 Å². The molecule has 8 aromatic rings. The van der Waals surface area contributed by atoms with E-state index in [-0.39, 0.29) is 54.5 Å². The van der Waals surface area contributed by atoms with Gasteiger partial charge in [-0.15, -0.1) is 0 Å². The third-order valence-electron chi connectivity index (χ3n) is 12.8. The molecular weight excluding hydrogens is 877 g/mol. The van der Waals surface area contributed by atoms with Gasteiger partial charge in [0.2, 0.25) is 0 Å². The quantitative estimate of drug-likeness (QED) is 0.123. The van der Waals surface area contributed by atoms with Gasteiger partial charge in [0.15, 0.2) is 0 Å². The molecule has 0 N–H and O–H groups in total. The van der Waals surface area contributed by atoms with E-state index in [2.05, 4.69) is 212 Å². The molecule has 2 aliphatic rings. The van der Waals surface area contributed by atoms with Gasteiger partial charge in [0.1, 0.15) is 0 Å². The number of rotatable bonds is 6. The summed E-state index contributed by atoms with van der Waals surface area (Å²) in [6.07, 6.45) is 2.40. The molecular formula is C55H64B2BrLiN2O5. The molecule has 338 valence electrons. The predicted octanol–water partition coefficient (Wildman–Crippen LogP) is 11.3. The van der Waals surface area contributed by atoms with Crippen molar-refractivity contribution in [1.29, 1.82) is 0 Å². The molecule has 0 atom stereocenters. The summed E-state index contributed by atoms with van der Waals surface area (Å²) in [7, 11) is -0.886. The van der Waals surface area contributed by atoms with Gasteiger partial charge >= 0.3 is 33.3 Å². The van der Waals surface area contributed by atoms with Crippen LogP contribution >= 0.6 is 15.9 Å². The molecule has 6 aromatic carbocycles. The Bertz CT molecular complexity index is 2750. The first-order valence-corrected chi connectivity index (χ1v) is 23.7. The minimum Gasteiger partial charge on any atom is -0.399 e. The first-order chi connectivity index (χ1) is 30.9. The third-order valence-corrected chi connectivity index (χ3v) is 13.3. The van der Waals surface area contributed by atoms with Crippen LogP contribution < -0.4 is 24.3 Å². The van der Waals surface area contributed by atoms with Crippen LogP contribution in [0.4, 0.5) is 0 Å². The Balaban J connectivity index is 0.000000166. The van der Waals surface area contributed by atoms with Crippen molar-refractivity contribution in [2.45, 2.75) is 118 Å². The Labute approximate surface area is 414 Å². The first kappa shape index (κ1) is 51.3. The van der Waals surface area contributed by atoms with Crippen LogP contribution in [0, 0.1) is 6.92 Å². The molecule has 2 aliphatic heterocycles. The Morgan fingerprint density at radius 3 is 1.24 bits per heavy atom. The maximum Gasteiger partial charge on any atom is 1.00 e. The zero-order valence-electron chi connectivity index (χ0n) is 41.0. The number of halogens is 1. The average molecular weight is 942 g/mol. The van der Waals surface area contributed by atoms with Crippen LogP contribution in [0.1, 0.15) is 89.0 Å². The number of hydrogen-bond donors (Lipinski definition) is 0. The van der Waals surface area contributed by atoms with Crippen molar-refractivity contribution in [3.05, 3.63) is 157 Å². The Morgan fingerprint density at radius 1 is 0.530 bits per heavy atom. The van der Waals surface area contributed by atoms with Gasteiger partial charge in [0.05, 0.1) is 44.5 Å². The van der Waals surface area contributed by atoms with E-state index in [9.17, 15) is 0 Å². The molecule has 66 heavy (non-hydrogen) atoms. The number of unbranched alkanes of at least 4 members (excludes halogenated alkanes) is 1. The Morgan fingerprint density at radius 2 is 0.879 bits per heavy atom. The summed E-state index contributed by atoms with van der Waals surface area (Å²) in [5.41, 5.74) is 6.93. The summed E-state index contributed by atoms with van der Waals surface area (Å²) in [5.74, 6) is 0. The summed E-state index contributed by atoms with van der Waals surface area (Å²) in [6, 6.07) is 51.1. The van der Waals surface area contributed by atoms with Gasteiger partial charge < -0.3 is 39.3 Å². The molecule has 11 heteroatoms. The zero-order valence-corrected chi connectivity index (χ0v) is 42.6. The van der Waals surface area contributed by atoms with Gasteiger partial charge in [-0.2, -0.15) is 6.42 Å². The monoisotopic (exact) mass is 940 g/mol. The molecule has 0 aliphatic carbocycles. The number of nitrogens with zero attached hydrogens (tertiary/aromatic N) is 2. The van der Waals surface area contributed by atoms with Crippen LogP contribution in [0.3, 0.4) is 0 Å². The normalized spacial score (nSPS) is 16.6. The molecule has 0 spiro atoms. The number of fused-ring (bicyclic) bond motifs is 6. The minimum atomic E-state index is -0.523. The van der Waals surface area contributed by atoms with Gasteiger partial charge in [-0.05, 0) is 129 Å². The minimum absolute atomic E-state index is 0. The second-order valence-corrected chi connectivity index (χ2v) is 19.9. The van der Waals surface area contributed by atoms with Crippen LogP contribution in [-0.2, 0) is 23.3 Å². The van der Waals surface area contributed by atoms with E-state index in [0.717, 1.165) is 22.0 Å². The van der Waals surface area contributed by atoms with Crippen LogP contribution in [0.25, 0.3) is 55.0 Å². The molecule has 0 saturated carbocycles. The van der Waals surface area contributed by atoms with Gasteiger partial charge in [-0.25, -0.2) is 0 Å². The van der Waals surface area contributed by atoms with E-state index in [1.807, 2.05) is 41.5 Å². The fourth-order valence-corrected chi connectivity index (χ4v) is 8.26. The fraction of sp³-hybridized carbons (Fsp3) is 0.327. The van der Waals surface area contributed by atoms with Crippen molar-refractivity contribution in [3.8, 4) is 11.4 Å². The average Bonchev–Trinajstić information content (AvgIpc) is 3.92. The standard InChI is InChI=1S/C24H24BNO2.C18H12BrN.C9H19BO3.C4H9.Li/c1-23(2)24(3,4)28-25(27-23)17-10-9-11-18(16-17)26-21-14-7-5-12-19(21)20-13-6-8-15-22(20)26;19-13-6-5-7-14(12-13)20-17-10-3-1-8-15(17)16-9-2-4-11-18(16)20;1-7(2)11-10-12-8(3,4)9(5,6)13-10;1-3-4-2;/h5-16H,1-4H3;1-12H;7H,1-6H3;1,3-4H2,2H3;/q;;;-1;+1. The Hall–Kier alpha value is -4.07. The summed E-state index contributed by atoms with van der Waals surface area (Å²) in [6.45, 7) is 26.0. The second kappa shape index (κ2) is 21.1. The molecule has 10 rings (SSSR count). The maximum atomic E-state index is 6.27. The van der Waals surface area contributed by atoms with Crippen molar-refractivity contribution >= 4 is 79.4 Å². The zero-order chi connectivity index (χ0) is 46.7. The fourth-order valence-electron chi connectivity index (χ4n) is 7.87. The molecule has 0 unspecified atom stereocenters. The number of benzene rings is 6. The van der Waals surface area contributed by atoms with E-state index in [4.69, 9.17) is 23.3 Å². The van der Waals surface area contributed by atoms with Gasteiger partial charge in [0.25, 0.3) is 0 Å². The first-order valence-electron chi connectivity index (χ1n) is 22.9. The van der Waals surface area contributed by atoms with E-state index < -0.39 is 7.32 Å². The van der Waals surface area contributed by atoms with Crippen LogP contribution in [0.2, 0.25) is 0 Å². The van der Waals surface area contributed by atoms with Gasteiger partial charge in [-0.1, -0.05) is 120 Å². The van der Waals surface area contributed by atoms with Crippen molar-refractivity contribution in [2.24, 2.45) is 0 Å². The van der Waals surface area contributed by atoms with Crippen LogP contribution in [0.5, 0.6) is 0 Å². The van der Waals surface area contributed by atoms with Crippen molar-refractivity contribution in [3.63, 3.8) is 0 Å². The topological polar surface area (TPSA) is 56.0 Å². The van der Waals surface area contributed by atoms with Gasteiger partial charge in [0, 0.05) is 43.5 Å². The number of para-hydroxylation sites is 4. The number of hydrogen-bond acceptors (Lipinski definition) is 5. The summed E-state index contributed by atoms with van der Waals surface area (Å²) in [4.78, 5) is 0. The maximum absolute atomic E-state index is 6.27. The van der Waals surface area contributed by atoms with Crippen LogP contribution in [-0.4, -0.2) is 52.1 Å². The molecule has 2 saturated heterocycles. The van der Waals surface area contributed by atoms with E-state index in [1.54, 1.807) is 0 Å². The SMILES string of the molecule is Brc1cccc(-n2c3ccccc3c3ccccc32)c1.CC(C)OB1OC(C)(C)C(C)(C)O1.CC1(C)OB(c2cccc(-n3c4ccccc4c4ccccc43)c2)OC1(C)C.[CH2-]CCC.[Li+]. The van der Waals surface area contributed by atoms with E-state index >= 15 is 0 Å². The summed E-state index contributed by atoms with van der Waals surface area (Å²) < 4.78 is 35.0. The number of aromatic nitrogens is 2. The molecule has 7 nitrogen and oxygen atoms in total. The molecule has 4 heterocycles. The smallest absolute Gasteiger partial charge is 0.399 e. The molecule has 0 radical (unpaired) electrons.